The highest BCUT2D eigenvalue weighted by molar-refractivity contribution is 4.90. The van der Waals surface area contributed by atoms with Gasteiger partial charge in [0.15, 0.2) is 0 Å². The molecular weight excluding hydrogens is 212 g/mol. The van der Waals surface area contributed by atoms with Crippen LogP contribution in [-0.4, -0.2) is 41.1 Å². The van der Waals surface area contributed by atoms with E-state index in [1.54, 1.807) is 0 Å². The van der Waals surface area contributed by atoms with E-state index in [-0.39, 0.29) is 0 Å². The summed E-state index contributed by atoms with van der Waals surface area (Å²) in [4.78, 5) is 6.67. The third-order valence-electron chi connectivity index (χ3n) is 2.90. The average Bonchev–Trinajstić information content (AvgIpc) is 2.69. The molecule has 0 aromatic carbocycles. The summed E-state index contributed by atoms with van der Waals surface area (Å²) in [6, 6.07) is 0. The molecule has 0 aliphatic heterocycles. The lowest BCUT2D eigenvalue weighted by molar-refractivity contribution is 0.306. The van der Waals surface area contributed by atoms with Gasteiger partial charge in [-0.05, 0) is 45.9 Å². The number of nitrogens with zero attached hydrogens (tertiary/aromatic N) is 3. The predicted octanol–water partition coefficient (Wildman–Crippen LogP) is 1.63. The van der Waals surface area contributed by atoms with Gasteiger partial charge in [0, 0.05) is 19.4 Å². The number of aromatic nitrogens is 2. The minimum Gasteiger partial charge on any atom is -0.337 e. The lowest BCUT2D eigenvalue weighted by Gasteiger charge is -2.16. The number of hydrogen-bond acceptors (Lipinski definition) is 3. The van der Waals surface area contributed by atoms with Gasteiger partial charge >= 0.3 is 0 Å². The predicted molar refractivity (Wildman–Crippen MR) is 71.9 cm³/mol. The highest BCUT2D eigenvalue weighted by Crippen LogP contribution is 2.00. The van der Waals surface area contributed by atoms with E-state index in [1.165, 1.54) is 19.3 Å². The van der Waals surface area contributed by atoms with Crippen LogP contribution < -0.4 is 5.32 Å². The van der Waals surface area contributed by atoms with Crippen molar-refractivity contribution in [3.05, 3.63) is 18.2 Å². The molecule has 0 aliphatic carbocycles. The fraction of sp³-hybridized carbons (Fsp3) is 0.769. The Bertz CT molecular complexity index is 295. The van der Waals surface area contributed by atoms with Crippen molar-refractivity contribution in [1.29, 1.82) is 0 Å². The lowest BCUT2D eigenvalue weighted by atomic mass is 10.3. The molecule has 0 spiro atoms. The van der Waals surface area contributed by atoms with E-state index >= 15 is 0 Å². The highest BCUT2D eigenvalue weighted by atomic mass is 15.1. The Kier molecular flexibility index (Phi) is 6.89. The molecule has 98 valence electrons. The van der Waals surface area contributed by atoms with Crippen LogP contribution in [0.25, 0.3) is 0 Å². The summed E-state index contributed by atoms with van der Waals surface area (Å²) in [6.07, 6.45) is 7.58. The fourth-order valence-corrected chi connectivity index (χ4v) is 1.80. The van der Waals surface area contributed by atoms with Crippen molar-refractivity contribution >= 4 is 0 Å². The van der Waals surface area contributed by atoms with Crippen LogP contribution in [0.5, 0.6) is 0 Å². The molecule has 0 saturated carbocycles. The number of imidazole rings is 1. The van der Waals surface area contributed by atoms with E-state index in [2.05, 4.69) is 33.7 Å². The van der Waals surface area contributed by atoms with Gasteiger partial charge in [-0.25, -0.2) is 4.98 Å². The summed E-state index contributed by atoms with van der Waals surface area (Å²) in [5.41, 5.74) is 0. The van der Waals surface area contributed by atoms with Crippen LogP contribution in [0.1, 0.15) is 32.0 Å². The number of nitrogens with one attached hydrogen (secondary N) is 1. The molecule has 4 heteroatoms. The number of aryl methyl sites for hydroxylation is 1. The van der Waals surface area contributed by atoms with E-state index in [4.69, 9.17) is 0 Å². The largest absolute Gasteiger partial charge is 0.337 e. The summed E-state index contributed by atoms with van der Waals surface area (Å²) in [5.74, 6) is 1.14. The normalized spacial score (nSPS) is 11.3. The maximum absolute atomic E-state index is 4.33. The minimum atomic E-state index is 0.936. The Hall–Kier alpha value is -0.870. The molecule has 4 nitrogen and oxygen atoms in total. The summed E-state index contributed by atoms with van der Waals surface area (Å²) in [7, 11) is 4.21. The Morgan fingerprint density at radius 1 is 1.35 bits per heavy atom. The van der Waals surface area contributed by atoms with Gasteiger partial charge in [-0.2, -0.15) is 0 Å². The van der Waals surface area contributed by atoms with Gasteiger partial charge in [0.05, 0.1) is 6.54 Å². The SMILES string of the molecule is CCCNCCCCN(C)Cc1nccn1C. The van der Waals surface area contributed by atoms with Gasteiger partial charge < -0.3 is 9.88 Å². The molecule has 1 rings (SSSR count). The van der Waals surface area contributed by atoms with Gasteiger partial charge in [0.25, 0.3) is 0 Å². The molecule has 1 aromatic heterocycles. The van der Waals surface area contributed by atoms with E-state index in [0.717, 1.165) is 32.0 Å². The van der Waals surface area contributed by atoms with Gasteiger partial charge in [-0.1, -0.05) is 6.92 Å². The first-order chi connectivity index (χ1) is 8.24. The number of unbranched alkanes of at least 4 members (excludes halogenated alkanes) is 1. The van der Waals surface area contributed by atoms with Crippen LogP contribution in [0.2, 0.25) is 0 Å². The summed E-state index contributed by atoms with van der Waals surface area (Å²) >= 11 is 0. The molecule has 17 heavy (non-hydrogen) atoms. The van der Waals surface area contributed by atoms with E-state index in [0.29, 0.717) is 0 Å². The second-order valence-corrected chi connectivity index (χ2v) is 4.65. The van der Waals surface area contributed by atoms with E-state index in [9.17, 15) is 0 Å². The van der Waals surface area contributed by atoms with E-state index < -0.39 is 0 Å². The first-order valence-corrected chi connectivity index (χ1v) is 6.59. The molecule has 0 fully saturated rings. The van der Waals surface area contributed by atoms with Crippen molar-refractivity contribution in [2.45, 2.75) is 32.7 Å². The monoisotopic (exact) mass is 238 g/mol. The second kappa shape index (κ2) is 8.25. The zero-order valence-corrected chi connectivity index (χ0v) is 11.4. The van der Waals surface area contributed by atoms with Gasteiger partial charge in [-0.3, -0.25) is 4.90 Å². The Labute approximate surface area is 105 Å². The van der Waals surface area contributed by atoms with Crippen LogP contribution >= 0.6 is 0 Å². The van der Waals surface area contributed by atoms with Gasteiger partial charge in [-0.15, -0.1) is 0 Å². The molecular formula is C13H26N4. The van der Waals surface area contributed by atoms with Crippen molar-refractivity contribution in [2.75, 3.05) is 26.7 Å². The quantitative estimate of drug-likeness (QED) is 0.664. The third kappa shape index (κ3) is 5.84. The molecule has 0 aliphatic rings. The highest BCUT2D eigenvalue weighted by Gasteiger charge is 2.03. The zero-order chi connectivity index (χ0) is 12.5. The number of hydrogen-bond donors (Lipinski definition) is 1. The zero-order valence-electron chi connectivity index (χ0n) is 11.4. The Balaban J connectivity index is 2.05. The van der Waals surface area contributed by atoms with Crippen molar-refractivity contribution in [2.24, 2.45) is 7.05 Å². The van der Waals surface area contributed by atoms with Crippen molar-refractivity contribution in [1.82, 2.24) is 19.8 Å². The summed E-state index contributed by atoms with van der Waals surface area (Å²) < 4.78 is 2.08. The average molecular weight is 238 g/mol. The molecule has 0 bridgehead atoms. The first-order valence-electron chi connectivity index (χ1n) is 6.59. The Morgan fingerprint density at radius 3 is 2.82 bits per heavy atom. The molecule has 0 unspecified atom stereocenters. The maximum Gasteiger partial charge on any atom is 0.122 e. The summed E-state index contributed by atoms with van der Waals surface area (Å²) in [6.45, 7) is 6.56. The van der Waals surface area contributed by atoms with Crippen LogP contribution in [-0.2, 0) is 13.6 Å². The summed E-state index contributed by atoms with van der Waals surface area (Å²) in [5, 5.41) is 3.43. The van der Waals surface area contributed by atoms with Crippen LogP contribution in [0.4, 0.5) is 0 Å². The molecule has 1 heterocycles. The van der Waals surface area contributed by atoms with Gasteiger partial charge in [0.1, 0.15) is 5.82 Å². The van der Waals surface area contributed by atoms with E-state index in [1.807, 2.05) is 19.4 Å². The van der Waals surface area contributed by atoms with Crippen LogP contribution in [0.15, 0.2) is 12.4 Å². The van der Waals surface area contributed by atoms with Crippen LogP contribution in [0.3, 0.4) is 0 Å². The minimum absolute atomic E-state index is 0.936. The van der Waals surface area contributed by atoms with Gasteiger partial charge in [0.2, 0.25) is 0 Å². The number of rotatable bonds is 9. The molecule has 0 atom stereocenters. The topological polar surface area (TPSA) is 33.1 Å². The first kappa shape index (κ1) is 14.2. The van der Waals surface area contributed by atoms with Crippen molar-refractivity contribution in [3.8, 4) is 0 Å². The van der Waals surface area contributed by atoms with Crippen molar-refractivity contribution < 1.29 is 0 Å². The molecule has 1 N–H and O–H groups in total. The molecule has 0 amide bonds. The van der Waals surface area contributed by atoms with Crippen LogP contribution in [0, 0.1) is 0 Å². The molecule has 0 radical (unpaired) electrons. The standard InChI is InChI=1S/C13H26N4/c1-4-7-14-8-5-6-10-16(2)12-13-15-9-11-17(13)3/h9,11,14H,4-8,10,12H2,1-3H3. The second-order valence-electron chi connectivity index (χ2n) is 4.65. The molecule has 0 saturated heterocycles. The maximum atomic E-state index is 4.33. The van der Waals surface area contributed by atoms with Crippen molar-refractivity contribution in [3.63, 3.8) is 0 Å². The smallest absolute Gasteiger partial charge is 0.122 e. The lowest BCUT2D eigenvalue weighted by Crippen LogP contribution is -2.22. The molecule has 1 aromatic rings. The third-order valence-corrected chi connectivity index (χ3v) is 2.90. The fourth-order valence-electron chi connectivity index (χ4n) is 1.80. The Morgan fingerprint density at radius 2 is 2.18 bits per heavy atom.